The Balaban J connectivity index is 1.81. The number of carbonyl (C=O) groups excluding carboxylic acids is 1. The van der Waals surface area contributed by atoms with E-state index in [0.717, 1.165) is 5.56 Å². The second-order valence-electron chi connectivity index (χ2n) is 5.41. The minimum atomic E-state index is -0.544. The van der Waals surface area contributed by atoms with Crippen molar-refractivity contribution >= 4 is 17.5 Å². The molecule has 0 fully saturated rings. The number of amides is 1. The van der Waals surface area contributed by atoms with Gasteiger partial charge >= 0.3 is 0 Å². The number of aliphatic hydroxyl groups is 1. The van der Waals surface area contributed by atoms with Gasteiger partial charge in [0.15, 0.2) is 0 Å². The first-order chi connectivity index (χ1) is 12.2. The predicted molar refractivity (Wildman–Crippen MR) is 96.2 cm³/mol. The highest BCUT2D eigenvalue weighted by atomic mass is 35.5. The van der Waals surface area contributed by atoms with Gasteiger partial charge in [-0.1, -0.05) is 29.8 Å². The molecule has 126 valence electrons. The van der Waals surface area contributed by atoms with E-state index < -0.39 is 6.04 Å². The molecular weight excluding hydrogens is 338 g/mol. The summed E-state index contributed by atoms with van der Waals surface area (Å²) >= 11 is 5.98. The Kier molecular flexibility index (Phi) is 5.38. The van der Waals surface area contributed by atoms with Crippen molar-refractivity contribution < 1.29 is 9.90 Å². The van der Waals surface area contributed by atoms with Gasteiger partial charge in [-0.15, -0.1) is 0 Å². The van der Waals surface area contributed by atoms with Crippen LogP contribution in [0.25, 0.3) is 11.4 Å². The van der Waals surface area contributed by atoms with Crippen LogP contribution in [0.5, 0.6) is 0 Å². The van der Waals surface area contributed by atoms with Gasteiger partial charge in [0, 0.05) is 23.0 Å². The van der Waals surface area contributed by atoms with Crippen LogP contribution in [0.3, 0.4) is 0 Å². The largest absolute Gasteiger partial charge is 0.394 e. The molecule has 2 aromatic heterocycles. The van der Waals surface area contributed by atoms with Crippen LogP contribution in [0, 0.1) is 0 Å². The topological polar surface area (TPSA) is 75.1 Å². The van der Waals surface area contributed by atoms with Gasteiger partial charge in [0.05, 0.1) is 24.0 Å². The van der Waals surface area contributed by atoms with E-state index in [1.807, 2.05) is 18.2 Å². The van der Waals surface area contributed by atoms with Crippen LogP contribution in [-0.4, -0.2) is 27.6 Å². The minimum absolute atomic E-state index is 0.232. The molecule has 0 aliphatic heterocycles. The molecule has 0 radical (unpaired) electrons. The third kappa shape index (κ3) is 4.21. The molecule has 0 saturated carbocycles. The smallest absolute Gasteiger partial charge is 0.251 e. The van der Waals surface area contributed by atoms with Gasteiger partial charge in [-0.2, -0.15) is 0 Å². The molecule has 0 aliphatic carbocycles. The Morgan fingerprint density at radius 2 is 1.88 bits per heavy atom. The van der Waals surface area contributed by atoms with Crippen LogP contribution in [0.15, 0.2) is 67.0 Å². The van der Waals surface area contributed by atoms with Gasteiger partial charge in [-0.25, -0.2) is 0 Å². The van der Waals surface area contributed by atoms with E-state index >= 15 is 0 Å². The fourth-order valence-corrected chi connectivity index (χ4v) is 2.62. The second kappa shape index (κ2) is 7.88. The summed E-state index contributed by atoms with van der Waals surface area (Å²) in [7, 11) is 0. The number of rotatable bonds is 5. The monoisotopic (exact) mass is 353 g/mol. The Morgan fingerprint density at radius 1 is 1.04 bits per heavy atom. The summed E-state index contributed by atoms with van der Waals surface area (Å²) in [5.41, 5.74) is 2.47. The Labute approximate surface area is 150 Å². The molecule has 0 aliphatic rings. The van der Waals surface area contributed by atoms with E-state index in [1.165, 1.54) is 0 Å². The summed E-state index contributed by atoms with van der Waals surface area (Å²) in [6.07, 6.45) is 3.23. The number of carbonyl (C=O) groups is 1. The average Bonchev–Trinajstić information content (AvgIpc) is 2.66. The predicted octanol–water partition coefficient (Wildman–Crippen LogP) is 3.26. The lowest BCUT2D eigenvalue weighted by atomic mass is 10.1. The van der Waals surface area contributed by atoms with Crippen molar-refractivity contribution in [3.8, 4) is 11.4 Å². The molecule has 5 nitrogen and oxygen atoms in total. The highest BCUT2D eigenvalue weighted by molar-refractivity contribution is 6.30. The quantitative estimate of drug-likeness (QED) is 0.738. The zero-order valence-electron chi connectivity index (χ0n) is 13.3. The van der Waals surface area contributed by atoms with Crippen molar-refractivity contribution in [1.29, 1.82) is 0 Å². The molecule has 1 aromatic carbocycles. The molecule has 2 N–H and O–H groups in total. The first-order valence-electron chi connectivity index (χ1n) is 7.72. The van der Waals surface area contributed by atoms with Crippen LogP contribution in [0.4, 0.5) is 0 Å². The third-order valence-electron chi connectivity index (χ3n) is 3.69. The zero-order chi connectivity index (χ0) is 17.6. The first-order valence-corrected chi connectivity index (χ1v) is 8.10. The molecule has 25 heavy (non-hydrogen) atoms. The van der Waals surface area contributed by atoms with Crippen LogP contribution in [0.2, 0.25) is 5.02 Å². The minimum Gasteiger partial charge on any atom is -0.394 e. The normalized spacial score (nSPS) is 11.8. The van der Waals surface area contributed by atoms with Crippen molar-refractivity contribution in [1.82, 2.24) is 15.3 Å². The van der Waals surface area contributed by atoms with Gasteiger partial charge in [0.2, 0.25) is 0 Å². The van der Waals surface area contributed by atoms with Crippen molar-refractivity contribution in [2.45, 2.75) is 6.04 Å². The summed E-state index contributed by atoms with van der Waals surface area (Å²) in [6.45, 7) is -0.232. The van der Waals surface area contributed by atoms with Crippen molar-refractivity contribution in [2.24, 2.45) is 0 Å². The summed E-state index contributed by atoms with van der Waals surface area (Å²) < 4.78 is 0. The highest BCUT2D eigenvalue weighted by Crippen LogP contribution is 2.19. The lowest BCUT2D eigenvalue weighted by Crippen LogP contribution is -2.30. The Bertz CT molecular complexity index is 871. The zero-order valence-corrected chi connectivity index (χ0v) is 14.0. The number of hydrogen-bond acceptors (Lipinski definition) is 4. The molecule has 0 saturated heterocycles. The SMILES string of the molecule is O=C(NC(CO)c1cccc(Cl)c1)c1ccnc(-c2ccccn2)c1. The number of nitrogens with zero attached hydrogens (tertiary/aromatic N) is 2. The maximum Gasteiger partial charge on any atom is 0.251 e. The van der Waals surface area contributed by atoms with E-state index in [-0.39, 0.29) is 12.5 Å². The Morgan fingerprint density at radius 3 is 2.60 bits per heavy atom. The fraction of sp³-hybridized carbons (Fsp3) is 0.105. The molecule has 3 aromatic rings. The van der Waals surface area contributed by atoms with Crippen LogP contribution in [0.1, 0.15) is 22.0 Å². The van der Waals surface area contributed by atoms with Gasteiger partial charge in [0.1, 0.15) is 0 Å². The summed E-state index contributed by atoms with van der Waals surface area (Å²) in [4.78, 5) is 21.0. The van der Waals surface area contributed by atoms with E-state index in [2.05, 4.69) is 15.3 Å². The van der Waals surface area contributed by atoms with E-state index in [1.54, 1.807) is 48.8 Å². The van der Waals surface area contributed by atoms with Gasteiger partial charge in [0.25, 0.3) is 5.91 Å². The summed E-state index contributed by atoms with van der Waals surface area (Å²) in [5, 5.41) is 13.0. The summed E-state index contributed by atoms with van der Waals surface area (Å²) in [6, 6.07) is 15.3. The van der Waals surface area contributed by atoms with Gasteiger partial charge in [-0.05, 0) is 42.0 Å². The third-order valence-corrected chi connectivity index (χ3v) is 3.92. The molecule has 3 rings (SSSR count). The molecule has 1 atom stereocenters. The van der Waals surface area contributed by atoms with Crippen LogP contribution in [-0.2, 0) is 0 Å². The molecule has 1 unspecified atom stereocenters. The van der Waals surface area contributed by atoms with Crippen molar-refractivity contribution in [3.05, 3.63) is 83.1 Å². The first kappa shape index (κ1) is 17.1. The number of aromatic nitrogens is 2. The van der Waals surface area contributed by atoms with Crippen molar-refractivity contribution in [3.63, 3.8) is 0 Å². The number of pyridine rings is 2. The van der Waals surface area contributed by atoms with E-state index in [4.69, 9.17) is 11.6 Å². The van der Waals surface area contributed by atoms with Gasteiger partial charge in [-0.3, -0.25) is 14.8 Å². The molecule has 0 spiro atoms. The van der Waals surface area contributed by atoms with Crippen molar-refractivity contribution in [2.75, 3.05) is 6.61 Å². The maximum absolute atomic E-state index is 12.6. The van der Waals surface area contributed by atoms with Crippen LogP contribution >= 0.6 is 11.6 Å². The maximum atomic E-state index is 12.6. The lowest BCUT2D eigenvalue weighted by molar-refractivity contribution is 0.0916. The number of hydrogen-bond donors (Lipinski definition) is 2. The van der Waals surface area contributed by atoms with E-state index in [9.17, 15) is 9.90 Å². The summed E-state index contributed by atoms with van der Waals surface area (Å²) in [5.74, 6) is -0.307. The van der Waals surface area contributed by atoms with E-state index in [0.29, 0.717) is 22.0 Å². The highest BCUT2D eigenvalue weighted by Gasteiger charge is 2.16. The molecule has 0 bridgehead atoms. The number of nitrogens with one attached hydrogen (secondary N) is 1. The average molecular weight is 354 g/mol. The molecule has 6 heteroatoms. The standard InChI is InChI=1S/C19H16ClN3O2/c20-15-5-3-4-13(10-15)18(12-24)23-19(25)14-7-9-22-17(11-14)16-6-1-2-8-21-16/h1-11,18,24H,12H2,(H,23,25). The second-order valence-corrected chi connectivity index (χ2v) is 5.84. The lowest BCUT2D eigenvalue weighted by Gasteiger charge is -2.17. The van der Waals surface area contributed by atoms with Crippen LogP contribution < -0.4 is 5.32 Å². The number of benzene rings is 1. The number of halogens is 1. The molecular formula is C19H16ClN3O2. The Hall–Kier alpha value is -2.76. The molecule has 2 heterocycles. The van der Waals surface area contributed by atoms with Gasteiger partial charge < -0.3 is 10.4 Å². The number of aliphatic hydroxyl groups excluding tert-OH is 1. The molecule has 1 amide bonds. The fourth-order valence-electron chi connectivity index (χ4n) is 2.43.